The molecule has 0 fully saturated rings. The number of aromatic hydroxyl groups is 1. The molecule has 0 aliphatic carbocycles. The Hall–Kier alpha value is -1.02. The van der Waals surface area contributed by atoms with E-state index in [2.05, 4.69) is 6.92 Å². The van der Waals surface area contributed by atoms with Crippen molar-refractivity contribution in [3.63, 3.8) is 0 Å². The van der Waals surface area contributed by atoms with E-state index in [1.54, 1.807) is 19.2 Å². The summed E-state index contributed by atoms with van der Waals surface area (Å²) in [7, 11) is 1.73. The summed E-state index contributed by atoms with van der Waals surface area (Å²) in [6.45, 7) is 2.17. The second-order valence-corrected chi connectivity index (χ2v) is 3.46. The van der Waals surface area contributed by atoms with Crippen LogP contribution in [0.4, 0.5) is 0 Å². The first-order valence-electron chi connectivity index (χ1n) is 5.09. The number of rotatable bonds is 5. The molecule has 2 nitrogen and oxygen atoms in total. The lowest BCUT2D eigenvalue weighted by Crippen LogP contribution is -2.00. The SMILES string of the molecule is CCCCC(OC)c1ccc(O)cc1. The number of hydrogen-bond acceptors (Lipinski definition) is 2. The predicted molar refractivity (Wildman–Crippen MR) is 57.4 cm³/mol. The first-order valence-corrected chi connectivity index (χ1v) is 5.09. The highest BCUT2D eigenvalue weighted by atomic mass is 16.5. The molecule has 1 rings (SSSR count). The monoisotopic (exact) mass is 194 g/mol. The Kier molecular flexibility index (Phi) is 4.47. The molecule has 0 radical (unpaired) electrons. The molecule has 0 saturated heterocycles. The molecule has 2 heteroatoms. The van der Waals surface area contributed by atoms with Crippen molar-refractivity contribution in [3.8, 4) is 5.75 Å². The molecule has 0 aromatic heterocycles. The molecule has 1 N–H and O–H groups in total. The van der Waals surface area contributed by atoms with Crippen LogP contribution in [0.1, 0.15) is 37.9 Å². The first-order chi connectivity index (χ1) is 6.77. The minimum absolute atomic E-state index is 0.163. The van der Waals surface area contributed by atoms with Gasteiger partial charge in [0.15, 0.2) is 0 Å². The smallest absolute Gasteiger partial charge is 0.115 e. The number of methoxy groups -OCH3 is 1. The van der Waals surface area contributed by atoms with Crippen molar-refractivity contribution in [2.24, 2.45) is 0 Å². The van der Waals surface area contributed by atoms with E-state index in [1.165, 1.54) is 12.8 Å². The standard InChI is InChI=1S/C12H18O2/c1-3-4-5-12(14-2)10-6-8-11(13)9-7-10/h6-9,12-13H,3-5H2,1-2H3. The molecule has 0 heterocycles. The van der Waals surface area contributed by atoms with Crippen molar-refractivity contribution >= 4 is 0 Å². The minimum atomic E-state index is 0.163. The van der Waals surface area contributed by atoms with Crippen molar-refractivity contribution in [2.75, 3.05) is 7.11 Å². The van der Waals surface area contributed by atoms with E-state index in [4.69, 9.17) is 9.84 Å². The molecule has 1 unspecified atom stereocenters. The molecule has 78 valence electrons. The molecule has 0 amide bonds. The number of hydrogen-bond donors (Lipinski definition) is 1. The highest BCUT2D eigenvalue weighted by Gasteiger charge is 2.08. The Morgan fingerprint density at radius 1 is 1.29 bits per heavy atom. The third-order valence-electron chi connectivity index (χ3n) is 2.37. The Morgan fingerprint density at radius 3 is 2.43 bits per heavy atom. The highest BCUT2D eigenvalue weighted by molar-refractivity contribution is 5.27. The molecule has 0 spiro atoms. The van der Waals surface area contributed by atoms with Gasteiger partial charge in [0.2, 0.25) is 0 Å². The van der Waals surface area contributed by atoms with Crippen LogP contribution >= 0.6 is 0 Å². The van der Waals surface area contributed by atoms with Gasteiger partial charge in [0.1, 0.15) is 5.75 Å². The van der Waals surface area contributed by atoms with Gasteiger partial charge in [-0.1, -0.05) is 31.9 Å². The maximum absolute atomic E-state index is 9.15. The topological polar surface area (TPSA) is 29.5 Å². The van der Waals surface area contributed by atoms with Crippen LogP contribution in [0.3, 0.4) is 0 Å². The van der Waals surface area contributed by atoms with Crippen LogP contribution in [0.5, 0.6) is 5.75 Å². The lowest BCUT2D eigenvalue weighted by molar-refractivity contribution is 0.0936. The lowest BCUT2D eigenvalue weighted by atomic mass is 10.0. The van der Waals surface area contributed by atoms with Gasteiger partial charge in [-0.05, 0) is 24.1 Å². The van der Waals surface area contributed by atoms with Gasteiger partial charge >= 0.3 is 0 Å². The summed E-state index contributed by atoms with van der Waals surface area (Å²) in [5, 5.41) is 9.15. The molecule has 0 saturated carbocycles. The maximum Gasteiger partial charge on any atom is 0.115 e. The fourth-order valence-electron chi connectivity index (χ4n) is 1.50. The maximum atomic E-state index is 9.15. The van der Waals surface area contributed by atoms with Crippen LogP contribution in [-0.2, 0) is 4.74 Å². The molecule has 1 aromatic carbocycles. The summed E-state index contributed by atoms with van der Waals surface area (Å²) in [6, 6.07) is 7.24. The summed E-state index contributed by atoms with van der Waals surface area (Å²) in [6.07, 6.45) is 3.55. The molecule has 0 aliphatic heterocycles. The minimum Gasteiger partial charge on any atom is -0.508 e. The van der Waals surface area contributed by atoms with Gasteiger partial charge in [0.05, 0.1) is 6.10 Å². The normalized spacial score (nSPS) is 12.7. The number of ether oxygens (including phenoxy) is 1. The Labute approximate surface area is 85.5 Å². The Balaban J connectivity index is 2.64. The second kappa shape index (κ2) is 5.66. The fraction of sp³-hybridized carbons (Fsp3) is 0.500. The highest BCUT2D eigenvalue weighted by Crippen LogP contribution is 2.24. The predicted octanol–water partition coefficient (Wildman–Crippen LogP) is 3.27. The van der Waals surface area contributed by atoms with E-state index in [1.807, 2.05) is 12.1 Å². The Morgan fingerprint density at radius 2 is 1.93 bits per heavy atom. The largest absolute Gasteiger partial charge is 0.508 e. The van der Waals surface area contributed by atoms with Gasteiger partial charge in [-0.15, -0.1) is 0 Å². The van der Waals surface area contributed by atoms with Crippen molar-refractivity contribution in [3.05, 3.63) is 29.8 Å². The van der Waals surface area contributed by atoms with Gasteiger partial charge in [0.25, 0.3) is 0 Å². The summed E-state index contributed by atoms with van der Waals surface area (Å²) in [5.41, 5.74) is 1.14. The average molecular weight is 194 g/mol. The van der Waals surface area contributed by atoms with E-state index < -0.39 is 0 Å². The molecule has 14 heavy (non-hydrogen) atoms. The molecule has 0 bridgehead atoms. The number of phenols is 1. The molecular weight excluding hydrogens is 176 g/mol. The van der Waals surface area contributed by atoms with Gasteiger partial charge in [-0.2, -0.15) is 0 Å². The first kappa shape index (κ1) is 11.1. The van der Waals surface area contributed by atoms with Crippen LogP contribution in [-0.4, -0.2) is 12.2 Å². The molecular formula is C12H18O2. The fourth-order valence-corrected chi connectivity index (χ4v) is 1.50. The van der Waals surface area contributed by atoms with Crippen molar-refractivity contribution in [2.45, 2.75) is 32.3 Å². The Bertz CT molecular complexity index is 254. The third-order valence-corrected chi connectivity index (χ3v) is 2.37. The number of unbranched alkanes of at least 4 members (excludes halogenated alkanes) is 1. The van der Waals surface area contributed by atoms with Crippen LogP contribution in [0, 0.1) is 0 Å². The van der Waals surface area contributed by atoms with Gasteiger partial charge in [0, 0.05) is 7.11 Å². The summed E-state index contributed by atoms with van der Waals surface area (Å²) in [4.78, 5) is 0. The van der Waals surface area contributed by atoms with Gasteiger partial charge < -0.3 is 9.84 Å². The number of phenolic OH excluding ortho intramolecular Hbond substituents is 1. The van der Waals surface area contributed by atoms with E-state index in [0.717, 1.165) is 12.0 Å². The van der Waals surface area contributed by atoms with Crippen molar-refractivity contribution in [1.29, 1.82) is 0 Å². The van der Waals surface area contributed by atoms with Gasteiger partial charge in [-0.3, -0.25) is 0 Å². The third kappa shape index (κ3) is 3.04. The molecule has 1 aromatic rings. The zero-order valence-corrected chi connectivity index (χ0v) is 8.86. The van der Waals surface area contributed by atoms with Crippen molar-refractivity contribution in [1.82, 2.24) is 0 Å². The van der Waals surface area contributed by atoms with E-state index >= 15 is 0 Å². The van der Waals surface area contributed by atoms with Gasteiger partial charge in [-0.25, -0.2) is 0 Å². The van der Waals surface area contributed by atoms with Crippen LogP contribution in [0.15, 0.2) is 24.3 Å². The van der Waals surface area contributed by atoms with E-state index in [0.29, 0.717) is 5.75 Å². The van der Waals surface area contributed by atoms with Crippen LogP contribution in [0.25, 0.3) is 0 Å². The summed E-state index contributed by atoms with van der Waals surface area (Å²) >= 11 is 0. The van der Waals surface area contributed by atoms with Crippen LogP contribution in [0.2, 0.25) is 0 Å². The van der Waals surface area contributed by atoms with E-state index in [-0.39, 0.29) is 6.10 Å². The molecule has 0 aliphatic rings. The average Bonchev–Trinajstić information content (AvgIpc) is 2.21. The number of benzene rings is 1. The molecule has 1 atom stereocenters. The second-order valence-electron chi connectivity index (χ2n) is 3.46. The lowest BCUT2D eigenvalue weighted by Gasteiger charge is -2.15. The summed E-state index contributed by atoms with van der Waals surface area (Å²) in [5.74, 6) is 0.305. The van der Waals surface area contributed by atoms with E-state index in [9.17, 15) is 0 Å². The zero-order valence-electron chi connectivity index (χ0n) is 8.86. The van der Waals surface area contributed by atoms with Crippen molar-refractivity contribution < 1.29 is 9.84 Å². The summed E-state index contributed by atoms with van der Waals surface area (Å²) < 4.78 is 5.40. The zero-order chi connectivity index (χ0) is 10.4. The van der Waals surface area contributed by atoms with Crippen LogP contribution < -0.4 is 0 Å². The quantitative estimate of drug-likeness (QED) is 0.779.